The maximum absolute atomic E-state index is 11.7. The Bertz CT molecular complexity index is 675. The average molecular weight is 343 g/mol. The van der Waals surface area contributed by atoms with Crippen LogP contribution in [0.2, 0.25) is 0 Å². The molecule has 0 bridgehead atoms. The number of carbonyl (C=O) groups excluding carboxylic acids is 1. The van der Waals surface area contributed by atoms with E-state index in [-0.39, 0.29) is 6.09 Å². The van der Waals surface area contributed by atoms with Crippen molar-refractivity contribution in [3.8, 4) is 17.2 Å². The van der Waals surface area contributed by atoms with Crippen LogP contribution < -0.4 is 14.2 Å². The molecule has 2 rings (SSSR count). The number of ether oxygens (including phenoxy) is 3. The number of hydrogen-bond acceptors (Lipinski definition) is 4. The third kappa shape index (κ3) is 5.41. The molecule has 5 heteroatoms. The van der Waals surface area contributed by atoms with Crippen molar-refractivity contribution in [2.24, 2.45) is 0 Å². The molecule has 0 atom stereocenters. The topological polar surface area (TPSA) is 48.0 Å². The van der Waals surface area contributed by atoms with Crippen LogP contribution >= 0.6 is 0 Å². The van der Waals surface area contributed by atoms with E-state index < -0.39 is 0 Å². The lowest BCUT2D eigenvalue weighted by Crippen LogP contribution is -2.29. The van der Waals surface area contributed by atoms with Gasteiger partial charge >= 0.3 is 6.09 Å². The van der Waals surface area contributed by atoms with Crippen molar-refractivity contribution in [1.82, 2.24) is 4.90 Å². The Morgan fingerprint density at radius 1 is 0.880 bits per heavy atom. The Morgan fingerprint density at radius 3 is 1.96 bits per heavy atom. The summed E-state index contributed by atoms with van der Waals surface area (Å²) in [6.07, 6.45) is 1.39. The van der Waals surface area contributed by atoms with Crippen LogP contribution in [-0.2, 0) is 12.8 Å². The molecule has 0 aliphatic carbocycles. The van der Waals surface area contributed by atoms with E-state index in [1.54, 1.807) is 21.3 Å². The van der Waals surface area contributed by atoms with E-state index in [9.17, 15) is 4.79 Å². The molecule has 0 saturated heterocycles. The predicted octanol–water partition coefficient (Wildman–Crippen LogP) is 3.94. The number of rotatable bonds is 7. The van der Waals surface area contributed by atoms with Crippen LogP contribution in [0.25, 0.3) is 0 Å². The van der Waals surface area contributed by atoms with Gasteiger partial charge in [-0.15, -0.1) is 0 Å². The van der Waals surface area contributed by atoms with Gasteiger partial charge in [-0.05, 0) is 55.2 Å². The molecule has 0 spiro atoms. The van der Waals surface area contributed by atoms with Crippen LogP contribution in [0.5, 0.6) is 17.2 Å². The first-order valence-corrected chi connectivity index (χ1v) is 8.29. The Balaban J connectivity index is 1.96. The molecule has 0 N–H and O–H groups in total. The normalized spacial score (nSPS) is 10.2. The van der Waals surface area contributed by atoms with Crippen LogP contribution in [0.15, 0.2) is 42.5 Å². The minimum Gasteiger partial charge on any atom is -0.497 e. The summed E-state index contributed by atoms with van der Waals surface area (Å²) in [5, 5.41) is 0. The van der Waals surface area contributed by atoms with Crippen LogP contribution in [0, 0.1) is 0 Å². The summed E-state index contributed by atoms with van der Waals surface area (Å²) in [5.74, 6) is 2.13. The number of amides is 1. The van der Waals surface area contributed by atoms with Gasteiger partial charge in [0, 0.05) is 19.7 Å². The fourth-order valence-electron chi connectivity index (χ4n) is 2.33. The summed E-state index contributed by atoms with van der Waals surface area (Å²) in [4.78, 5) is 13.3. The summed E-state index contributed by atoms with van der Waals surface area (Å²) >= 11 is 0. The van der Waals surface area contributed by atoms with Crippen molar-refractivity contribution in [3.05, 3.63) is 53.6 Å². The molecule has 0 radical (unpaired) electrons. The second kappa shape index (κ2) is 8.97. The standard InChI is InChI=1S/C20H25NO4/c1-5-21(2)20(22)25-17-10-8-15(9-11-17)6-7-16-12-18(23-3)14-19(13-16)24-4/h8-14H,5-7H2,1-4H3. The first-order valence-electron chi connectivity index (χ1n) is 8.29. The lowest BCUT2D eigenvalue weighted by atomic mass is 10.0. The number of carbonyl (C=O) groups is 1. The third-order valence-electron chi connectivity index (χ3n) is 4.03. The fourth-order valence-corrected chi connectivity index (χ4v) is 2.33. The van der Waals surface area contributed by atoms with Crippen LogP contribution in [0.3, 0.4) is 0 Å². The summed E-state index contributed by atoms with van der Waals surface area (Å²) in [6, 6.07) is 13.5. The van der Waals surface area contributed by atoms with Gasteiger partial charge in [0.25, 0.3) is 0 Å². The molecule has 0 aliphatic heterocycles. The third-order valence-corrected chi connectivity index (χ3v) is 4.03. The van der Waals surface area contributed by atoms with Gasteiger partial charge in [0.2, 0.25) is 0 Å². The van der Waals surface area contributed by atoms with Gasteiger partial charge in [0.05, 0.1) is 14.2 Å². The van der Waals surface area contributed by atoms with Crippen LogP contribution in [0.4, 0.5) is 4.79 Å². The number of nitrogens with zero attached hydrogens (tertiary/aromatic N) is 1. The quantitative estimate of drug-likeness (QED) is 0.764. The molecule has 0 fully saturated rings. The minimum atomic E-state index is -0.348. The van der Waals surface area contributed by atoms with Crippen molar-refractivity contribution in [2.45, 2.75) is 19.8 Å². The van der Waals surface area contributed by atoms with Crippen molar-refractivity contribution in [3.63, 3.8) is 0 Å². The molecule has 5 nitrogen and oxygen atoms in total. The minimum absolute atomic E-state index is 0.348. The fraction of sp³-hybridized carbons (Fsp3) is 0.350. The zero-order valence-electron chi connectivity index (χ0n) is 15.2. The summed E-state index contributed by atoms with van der Waals surface area (Å²) in [5.41, 5.74) is 2.32. The Hall–Kier alpha value is -2.69. The van der Waals surface area contributed by atoms with Gasteiger partial charge in [-0.3, -0.25) is 0 Å². The van der Waals surface area contributed by atoms with E-state index in [1.165, 1.54) is 10.5 Å². The maximum atomic E-state index is 11.7. The smallest absolute Gasteiger partial charge is 0.414 e. The Labute approximate surface area is 149 Å². The van der Waals surface area contributed by atoms with E-state index in [0.29, 0.717) is 12.3 Å². The molecular formula is C20H25NO4. The van der Waals surface area contributed by atoms with Gasteiger partial charge in [0.1, 0.15) is 17.2 Å². The highest BCUT2D eigenvalue weighted by atomic mass is 16.6. The van der Waals surface area contributed by atoms with Gasteiger partial charge in [-0.25, -0.2) is 4.79 Å². The lowest BCUT2D eigenvalue weighted by Gasteiger charge is -2.14. The number of hydrogen-bond donors (Lipinski definition) is 0. The van der Waals surface area contributed by atoms with Crippen LogP contribution in [0.1, 0.15) is 18.1 Å². The van der Waals surface area contributed by atoms with Crippen molar-refractivity contribution >= 4 is 6.09 Å². The molecule has 0 saturated carbocycles. The SMILES string of the molecule is CCN(C)C(=O)Oc1ccc(CCc2cc(OC)cc(OC)c2)cc1. The zero-order chi connectivity index (χ0) is 18.2. The monoisotopic (exact) mass is 343 g/mol. The van der Waals surface area contributed by atoms with Crippen molar-refractivity contribution in [2.75, 3.05) is 27.8 Å². The molecule has 0 heterocycles. The molecule has 134 valence electrons. The van der Waals surface area contributed by atoms with Crippen LogP contribution in [-0.4, -0.2) is 38.8 Å². The summed E-state index contributed by atoms with van der Waals surface area (Å²) in [6.45, 7) is 2.51. The second-order valence-electron chi connectivity index (χ2n) is 5.75. The largest absolute Gasteiger partial charge is 0.497 e. The number of methoxy groups -OCH3 is 2. The lowest BCUT2D eigenvalue weighted by molar-refractivity contribution is 0.165. The summed E-state index contributed by atoms with van der Waals surface area (Å²) < 4.78 is 15.9. The number of aryl methyl sites for hydroxylation is 2. The summed E-state index contributed by atoms with van der Waals surface area (Å²) in [7, 11) is 5.00. The molecular weight excluding hydrogens is 318 g/mol. The van der Waals surface area contributed by atoms with E-state index >= 15 is 0 Å². The highest BCUT2D eigenvalue weighted by Gasteiger charge is 2.09. The molecule has 25 heavy (non-hydrogen) atoms. The highest BCUT2D eigenvalue weighted by molar-refractivity contribution is 5.70. The zero-order valence-corrected chi connectivity index (χ0v) is 15.2. The van der Waals surface area contributed by atoms with Crippen molar-refractivity contribution in [1.29, 1.82) is 0 Å². The molecule has 0 aromatic heterocycles. The molecule has 1 amide bonds. The Kier molecular flexibility index (Phi) is 6.69. The van der Waals surface area contributed by atoms with Gasteiger partial charge in [-0.1, -0.05) is 12.1 Å². The average Bonchev–Trinajstić information content (AvgIpc) is 2.66. The molecule has 2 aromatic carbocycles. The molecule has 2 aromatic rings. The maximum Gasteiger partial charge on any atom is 0.414 e. The van der Waals surface area contributed by atoms with Gasteiger partial charge < -0.3 is 19.1 Å². The van der Waals surface area contributed by atoms with Crippen molar-refractivity contribution < 1.29 is 19.0 Å². The predicted molar refractivity (Wildman–Crippen MR) is 97.7 cm³/mol. The Morgan fingerprint density at radius 2 is 1.44 bits per heavy atom. The van der Waals surface area contributed by atoms with E-state index in [1.807, 2.05) is 49.4 Å². The highest BCUT2D eigenvalue weighted by Crippen LogP contribution is 2.23. The molecule has 0 unspecified atom stereocenters. The first kappa shape index (κ1) is 18.6. The van der Waals surface area contributed by atoms with Gasteiger partial charge in [0.15, 0.2) is 0 Å². The van der Waals surface area contributed by atoms with Gasteiger partial charge in [-0.2, -0.15) is 0 Å². The van der Waals surface area contributed by atoms with E-state index in [0.717, 1.165) is 29.9 Å². The molecule has 0 aliphatic rings. The first-order chi connectivity index (χ1) is 12.0. The second-order valence-corrected chi connectivity index (χ2v) is 5.75. The van der Waals surface area contributed by atoms with E-state index in [4.69, 9.17) is 14.2 Å². The van der Waals surface area contributed by atoms with E-state index in [2.05, 4.69) is 0 Å². The number of benzene rings is 2.